The van der Waals surface area contributed by atoms with Crippen molar-refractivity contribution in [3.63, 3.8) is 0 Å². The van der Waals surface area contributed by atoms with Crippen LogP contribution >= 0.6 is 0 Å². The Hall–Kier alpha value is -4.26. The lowest BCUT2D eigenvalue weighted by molar-refractivity contribution is 0.0772. The number of fused-ring (bicyclic) bond motifs is 1. The van der Waals surface area contributed by atoms with Crippen LogP contribution in [0.2, 0.25) is 0 Å². The van der Waals surface area contributed by atoms with Crippen LogP contribution in [-0.4, -0.2) is 39.6 Å². The van der Waals surface area contributed by atoms with E-state index in [0.29, 0.717) is 40.8 Å². The SMILES string of the molecule is CCN(CC)C(=O)c1cccc(NC(=O)c2nn(-c3ccccc3)c(=O)c3ccccc23)c1. The molecular weight excluding hydrogens is 416 g/mol. The van der Waals surface area contributed by atoms with Gasteiger partial charge in [-0.2, -0.15) is 9.78 Å². The van der Waals surface area contributed by atoms with Crippen LogP contribution in [0, 0.1) is 0 Å². The van der Waals surface area contributed by atoms with Gasteiger partial charge in [0, 0.05) is 29.7 Å². The number of nitrogens with zero attached hydrogens (tertiary/aromatic N) is 3. The quantitative estimate of drug-likeness (QED) is 0.489. The molecule has 1 N–H and O–H groups in total. The number of anilines is 1. The fourth-order valence-electron chi connectivity index (χ4n) is 3.72. The Labute approximate surface area is 191 Å². The lowest BCUT2D eigenvalue weighted by Gasteiger charge is -2.19. The summed E-state index contributed by atoms with van der Waals surface area (Å²) in [4.78, 5) is 40.7. The predicted molar refractivity (Wildman–Crippen MR) is 129 cm³/mol. The first kappa shape index (κ1) is 22.0. The van der Waals surface area contributed by atoms with E-state index < -0.39 is 5.91 Å². The van der Waals surface area contributed by atoms with E-state index in [4.69, 9.17) is 0 Å². The fraction of sp³-hybridized carbons (Fsp3) is 0.154. The second-order valence-corrected chi connectivity index (χ2v) is 7.46. The zero-order chi connectivity index (χ0) is 23.4. The van der Waals surface area contributed by atoms with Crippen LogP contribution in [0.25, 0.3) is 16.5 Å². The number of para-hydroxylation sites is 1. The third kappa shape index (κ3) is 4.39. The molecule has 166 valence electrons. The molecule has 4 rings (SSSR count). The van der Waals surface area contributed by atoms with E-state index in [0.717, 1.165) is 0 Å². The predicted octanol–water partition coefficient (Wildman–Crippen LogP) is 4.12. The molecule has 0 saturated heterocycles. The number of aromatic nitrogens is 2. The van der Waals surface area contributed by atoms with Crippen molar-refractivity contribution < 1.29 is 9.59 Å². The molecule has 7 nitrogen and oxygen atoms in total. The molecule has 0 atom stereocenters. The Morgan fingerprint density at radius 2 is 1.55 bits per heavy atom. The average Bonchev–Trinajstić information content (AvgIpc) is 2.85. The molecule has 0 spiro atoms. The summed E-state index contributed by atoms with van der Waals surface area (Å²) in [5.41, 5.74) is 1.34. The van der Waals surface area contributed by atoms with E-state index in [-0.39, 0.29) is 17.2 Å². The zero-order valence-corrected chi connectivity index (χ0v) is 18.5. The van der Waals surface area contributed by atoms with Gasteiger partial charge in [-0.05, 0) is 50.2 Å². The number of hydrogen-bond acceptors (Lipinski definition) is 4. The summed E-state index contributed by atoms with van der Waals surface area (Å²) >= 11 is 0. The van der Waals surface area contributed by atoms with E-state index >= 15 is 0 Å². The van der Waals surface area contributed by atoms with E-state index in [9.17, 15) is 14.4 Å². The van der Waals surface area contributed by atoms with Crippen LogP contribution in [0.1, 0.15) is 34.7 Å². The Bertz CT molecular complexity index is 1380. The van der Waals surface area contributed by atoms with Crippen molar-refractivity contribution >= 4 is 28.3 Å². The molecule has 0 aliphatic carbocycles. The summed E-state index contributed by atoms with van der Waals surface area (Å²) < 4.78 is 1.23. The Morgan fingerprint density at radius 1 is 0.879 bits per heavy atom. The van der Waals surface area contributed by atoms with Crippen molar-refractivity contribution in [2.75, 3.05) is 18.4 Å². The maximum absolute atomic E-state index is 13.3. The number of benzene rings is 3. The molecule has 0 radical (unpaired) electrons. The van der Waals surface area contributed by atoms with Gasteiger partial charge in [0.2, 0.25) is 0 Å². The van der Waals surface area contributed by atoms with Gasteiger partial charge in [-0.25, -0.2) is 0 Å². The van der Waals surface area contributed by atoms with Crippen molar-refractivity contribution in [3.05, 3.63) is 100 Å². The maximum Gasteiger partial charge on any atom is 0.279 e. The van der Waals surface area contributed by atoms with Gasteiger partial charge in [-0.15, -0.1) is 0 Å². The van der Waals surface area contributed by atoms with E-state index in [2.05, 4.69) is 10.4 Å². The Kier molecular flexibility index (Phi) is 6.31. The van der Waals surface area contributed by atoms with Gasteiger partial charge in [0.05, 0.1) is 11.1 Å². The molecule has 0 unspecified atom stereocenters. The number of amides is 2. The van der Waals surface area contributed by atoms with Crippen LogP contribution < -0.4 is 10.9 Å². The van der Waals surface area contributed by atoms with Gasteiger partial charge in [0.15, 0.2) is 5.69 Å². The summed E-state index contributed by atoms with van der Waals surface area (Å²) in [6.45, 7) is 5.04. The molecule has 3 aromatic carbocycles. The first-order valence-corrected chi connectivity index (χ1v) is 10.8. The minimum atomic E-state index is -0.469. The Morgan fingerprint density at radius 3 is 2.24 bits per heavy atom. The van der Waals surface area contributed by atoms with Crippen LogP contribution in [0.4, 0.5) is 5.69 Å². The molecule has 0 fully saturated rings. The lowest BCUT2D eigenvalue weighted by Crippen LogP contribution is -2.30. The molecule has 1 aromatic heterocycles. The summed E-state index contributed by atoms with van der Waals surface area (Å²) in [5, 5.41) is 8.08. The van der Waals surface area contributed by atoms with Crippen LogP contribution in [-0.2, 0) is 0 Å². The van der Waals surface area contributed by atoms with E-state index in [1.54, 1.807) is 77.7 Å². The Balaban J connectivity index is 1.74. The average molecular weight is 441 g/mol. The number of rotatable bonds is 6. The summed E-state index contributed by atoms with van der Waals surface area (Å²) in [7, 11) is 0. The third-order valence-electron chi connectivity index (χ3n) is 5.44. The molecule has 7 heteroatoms. The van der Waals surface area contributed by atoms with E-state index in [1.165, 1.54) is 4.68 Å². The molecule has 0 bridgehead atoms. The molecule has 0 aliphatic rings. The maximum atomic E-state index is 13.3. The van der Waals surface area contributed by atoms with Crippen molar-refractivity contribution in [3.8, 4) is 5.69 Å². The van der Waals surface area contributed by atoms with Crippen molar-refractivity contribution in [2.24, 2.45) is 0 Å². The third-order valence-corrected chi connectivity index (χ3v) is 5.44. The molecule has 33 heavy (non-hydrogen) atoms. The van der Waals surface area contributed by atoms with Gasteiger partial charge >= 0.3 is 0 Å². The molecule has 4 aromatic rings. The number of nitrogens with one attached hydrogen (secondary N) is 1. The molecule has 2 amide bonds. The van der Waals surface area contributed by atoms with Crippen LogP contribution in [0.5, 0.6) is 0 Å². The zero-order valence-electron chi connectivity index (χ0n) is 18.5. The molecule has 1 heterocycles. The highest BCUT2D eigenvalue weighted by Gasteiger charge is 2.19. The number of carbonyl (C=O) groups is 2. The summed E-state index contributed by atoms with van der Waals surface area (Å²) in [5.74, 6) is -0.569. The second-order valence-electron chi connectivity index (χ2n) is 7.46. The van der Waals surface area contributed by atoms with Gasteiger partial charge in [-0.3, -0.25) is 14.4 Å². The highest BCUT2D eigenvalue weighted by molar-refractivity contribution is 6.11. The first-order chi connectivity index (χ1) is 16.0. The standard InChI is InChI=1S/C26H24N4O3/c1-3-29(4-2)25(32)18-11-10-12-19(17-18)27-24(31)23-21-15-8-9-16-22(21)26(33)30(28-23)20-13-6-5-7-14-20/h5-17H,3-4H2,1-2H3,(H,27,31). The van der Waals surface area contributed by atoms with E-state index in [1.807, 2.05) is 19.9 Å². The normalized spacial score (nSPS) is 10.7. The minimum Gasteiger partial charge on any atom is -0.339 e. The number of hydrogen-bond donors (Lipinski definition) is 1. The highest BCUT2D eigenvalue weighted by Crippen LogP contribution is 2.18. The van der Waals surface area contributed by atoms with Crippen LogP contribution in [0.3, 0.4) is 0 Å². The first-order valence-electron chi connectivity index (χ1n) is 10.8. The number of carbonyl (C=O) groups excluding carboxylic acids is 2. The van der Waals surface area contributed by atoms with Crippen molar-refractivity contribution in [1.29, 1.82) is 0 Å². The monoisotopic (exact) mass is 440 g/mol. The largest absolute Gasteiger partial charge is 0.339 e. The molecule has 0 saturated carbocycles. The second kappa shape index (κ2) is 9.48. The van der Waals surface area contributed by atoms with Gasteiger partial charge in [-0.1, -0.05) is 42.5 Å². The fourth-order valence-corrected chi connectivity index (χ4v) is 3.72. The lowest BCUT2D eigenvalue weighted by atomic mass is 10.1. The van der Waals surface area contributed by atoms with Gasteiger partial charge < -0.3 is 10.2 Å². The summed E-state index contributed by atoms with van der Waals surface area (Å²) in [6, 6.07) is 22.7. The topological polar surface area (TPSA) is 84.3 Å². The minimum absolute atomic E-state index is 0.0997. The smallest absolute Gasteiger partial charge is 0.279 e. The molecule has 0 aliphatic heterocycles. The van der Waals surface area contributed by atoms with Crippen LogP contribution in [0.15, 0.2) is 83.7 Å². The van der Waals surface area contributed by atoms with Crippen molar-refractivity contribution in [1.82, 2.24) is 14.7 Å². The summed E-state index contributed by atoms with van der Waals surface area (Å²) in [6.07, 6.45) is 0. The van der Waals surface area contributed by atoms with Gasteiger partial charge in [0.25, 0.3) is 17.4 Å². The van der Waals surface area contributed by atoms with Crippen molar-refractivity contribution in [2.45, 2.75) is 13.8 Å². The van der Waals surface area contributed by atoms with Gasteiger partial charge in [0.1, 0.15) is 0 Å². The highest BCUT2D eigenvalue weighted by atomic mass is 16.2. The molecular formula is C26H24N4O3.